The lowest BCUT2D eigenvalue weighted by molar-refractivity contribution is -0.384. The van der Waals surface area contributed by atoms with Crippen molar-refractivity contribution in [2.45, 2.75) is 58.5 Å². The Morgan fingerprint density at radius 2 is 2.25 bits per heavy atom. The average molecular weight is 276 g/mol. The van der Waals surface area contributed by atoms with Crippen molar-refractivity contribution < 1.29 is 4.92 Å². The standard InChI is InChI=1S/C16H24N2O2/c1-4-15(17-13-8-9-16(2,3)11-13)12-6-5-7-14(10-12)18(19)20/h5-7,10,13,15,17H,4,8-9,11H2,1-3H3. The van der Waals surface area contributed by atoms with Crippen LogP contribution in [0, 0.1) is 15.5 Å². The Hall–Kier alpha value is -1.42. The third-order valence-corrected chi connectivity index (χ3v) is 4.30. The molecule has 2 unspecified atom stereocenters. The smallest absolute Gasteiger partial charge is 0.269 e. The molecule has 1 saturated carbocycles. The average Bonchev–Trinajstić information content (AvgIpc) is 2.75. The molecular weight excluding hydrogens is 252 g/mol. The normalized spacial score (nSPS) is 22.6. The Morgan fingerprint density at radius 1 is 1.50 bits per heavy atom. The molecule has 1 aromatic carbocycles. The van der Waals surface area contributed by atoms with Crippen LogP contribution >= 0.6 is 0 Å². The molecule has 0 amide bonds. The van der Waals surface area contributed by atoms with Crippen molar-refractivity contribution in [3.8, 4) is 0 Å². The van der Waals surface area contributed by atoms with Gasteiger partial charge in [-0.25, -0.2) is 0 Å². The predicted octanol–water partition coefficient (Wildman–Crippen LogP) is 4.21. The van der Waals surface area contributed by atoms with E-state index in [-0.39, 0.29) is 16.7 Å². The van der Waals surface area contributed by atoms with Crippen molar-refractivity contribution in [3.05, 3.63) is 39.9 Å². The van der Waals surface area contributed by atoms with Gasteiger partial charge in [-0.1, -0.05) is 32.9 Å². The molecule has 1 aliphatic carbocycles. The molecule has 1 aliphatic rings. The molecule has 4 heteroatoms. The lowest BCUT2D eigenvalue weighted by Crippen LogP contribution is -2.31. The summed E-state index contributed by atoms with van der Waals surface area (Å²) in [5.74, 6) is 0. The highest BCUT2D eigenvalue weighted by atomic mass is 16.6. The maximum Gasteiger partial charge on any atom is 0.269 e. The Kier molecular flexibility index (Phi) is 4.43. The monoisotopic (exact) mass is 276 g/mol. The Labute approximate surface area is 120 Å². The van der Waals surface area contributed by atoms with Crippen LogP contribution in [0.3, 0.4) is 0 Å². The Morgan fingerprint density at radius 3 is 2.80 bits per heavy atom. The zero-order valence-corrected chi connectivity index (χ0v) is 12.6. The van der Waals surface area contributed by atoms with Crippen molar-refractivity contribution in [1.29, 1.82) is 0 Å². The van der Waals surface area contributed by atoms with Gasteiger partial charge in [0, 0.05) is 24.2 Å². The van der Waals surface area contributed by atoms with E-state index in [4.69, 9.17) is 0 Å². The highest BCUT2D eigenvalue weighted by Crippen LogP contribution is 2.38. The van der Waals surface area contributed by atoms with Gasteiger partial charge in [0.15, 0.2) is 0 Å². The van der Waals surface area contributed by atoms with E-state index in [9.17, 15) is 10.1 Å². The molecule has 110 valence electrons. The molecule has 0 aliphatic heterocycles. The minimum absolute atomic E-state index is 0.175. The topological polar surface area (TPSA) is 55.2 Å². The molecule has 0 aromatic heterocycles. The van der Waals surface area contributed by atoms with E-state index in [1.165, 1.54) is 19.3 Å². The van der Waals surface area contributed by atoms with Crippen LogP contribution in [-0.4, -0.2) is 11.0 Å². The molecule has 0 bridgehead atoms. The lowest BCUT2D eigenvalue weighted by Gasteiger charge is -2.24. The molecule has 2 atom stereocenters. The van der Waals surface area contributed by atoms with E-state index in [1.54, 1.807) is 18.2 Å². The van der Waals surface area contributed by atoms with Gasteiger partial charge in [0.2, 0.25) is 0 Å². The first kappa shape index (κ1) is 15.0. The summed E-state index contributed by atoms with van der Waals surface area (Å²) in [6, 6.07) is 7.73. The van der Waals surface area contributed by atoms with Gasteiger partial charge in [0.1, 0.15) is 0 Å². The largest absolute Gasteiger partial charge is 0.307 e. The first-order valence-electron chi connectivity index (χ1n) is 7.42. The van der Waals surface area contributed by atoms with Gasteiger partial charge >= 0.3 is 0 Å². The maximum atomic E-state index is 10.9. The van der Waals surface area contributed by atoms with Gasteiger partial charge in [-0.05, 0) is 36.7 Å². The fourth-order valence-electron chi connectivity index (χ4n) is 3.17. The summed E-state index contributed by atoms with van der Waals surface area (Å²) in [5, 5.41) is 14.6. The number of benzene rings is 1. The number of nitrogens with one attached hydrogen (secondary N) is 1. The molecule has 1 fully saturated rings. The van der Waals surface area contributed by atoms with E-state index in [1.807, 2.05) is 6.07 Å². The molecule has 0 radical (unpaired) electrons. The minimum atomic E-state index is -0.325. The summed E-state index contributed by atoms with van der Waals surface area (Å²) in [4.78, 5) is 10.6. The van der Waals surface area contributed by atoms with Crippen molar-refractivity contribution >= 4 is 5.69 Å². The first-order chi connectivity index (χ1) is 9.41. The van der Waals surface area contributed by atoms with Gasteiger partial charge in [0.05, 0.1) is 4.92 Å². The van der Waals surface area contributed by atoms with E-state index >= 15 is 0 Å². The molecular formula is C16H24N2O2. The molecule has 0 heterocycles. The fraction of sp³-hybridized carbons (Fsp3) is 0.625. The van der Waals surface area contributed by atoms with Crippen LogP contribution in [0.5, 0.6) is 0 Å². The summed E-state index contributed by atoms with van der Waals surface area (Å²) in [6.45, 7) is 6.74. The second-order valence-electron chi connectivity index (χ2n) is 6.58. The van der Waals surface area contributed by atoms with Gasteiger partial charge < -0.3 is 5.32 Å². The van der Waals surface area contributed by atoms with Crippen LogP contribution < -0.4 is 5.32 Å². The van der Waals surface area contributed by atoms with E-state index in [2.05, 4.69) is 26.1 Å². The van der Waals surface area contributed by atoms with Gasteiger partial charge in [-0.3, -0.25) is 10.1 Å². The highest BCUT2D eigenvalue weighted by molar-refractivity contribution is 5.35. The van der Waals surface area contributed by atoms with Crippen LogP contribution in [0.15, 0.2) is 24.3 Å². The number of nitro benzene ring substituents is 1. The van der Waals surface area contributed by atoms with Crippen LogP contribution in [0.25, 0.3) is 0 Å². The van der Waals surface area contributed by atoms with Gasteiger partial charge in [-0.2, -0.15) is 0 Å². The number of hydrogen-bond donors (Lipinski definition) is 1. The van der Waals surface area contributed by atoms with Crippen molar-refractivity contribution in [3.63, 3.8) is 0 Å². The number of non-ortho nitro benzene ring substituents is 1. The van der Waals surface area contributed by atoms with E-state index < -0.39 is 0 Å². The molecule has 0 spiro atoms. The second kappa shape index (κ2) is 5.92. The lowest BCUT2D eigenvalue weighted by atomic mass is 9.91. The molecule has 2 rings (SSSR count). The second-order valence-corrected chi connectivity index (χ2v) is 6.58. The Bertz CT molecular complexity index is 485. The summed E-state index contributed by atoms with van der Waals surface area (Å²) in [6.07, 6.45) is 4.56. The maximum absolute atomic E-state index is 10.9. The number of rotatable bonds is 5. The Balaban J connectivity index is 2.08. The quantitative estimate of drug-likeness (QED) is 0.647. The summed E-state index contributed by atoms with van der Waals surface area (Å²) >= 11 is 0. The predicted molar refractivity (Wildman–Crippen MR) is 80.7 cm³/mol. The third-order valence-electron chi connectivity index (χ3n) is 4.30. The minimum Gasteiger partial charge on any atom is -0.307 e. The van der Waals surface area contributed by atoms with Gasteiger partial charge in [0.25, 0.3) is 5.69 Å². The number of nitro groups is 1. The SMILES string of the molecule is CCC(NC1CCC(C)(C)C1)c1cccc([N+](=O)[O-])c1. The van der Waals surface area contributed by atoms with E-state index in [0.717, 1.165) is 12.0 Å². The molecule has 1 N–H and O–H groups in total. The van der Waals surface area contributed by atoms with Crippen LogP contribution in [0.1, 0.15) is 58.1 Å². The fourth-order valence-corrected chi connectivity index (χ4v) is 3.17. The van der Waals surface area contributed by atoms with Crippen LogP contribution in [0.2, 0.25) is 0 Å². The van der Waals surface area contributed by atoms with Gasteiger partial charge in [-0.15, -0.1) is 0 Å². The zero-order chi connectivity index (χ0) is 14.8. The van der Waals surface area contributed by atoms with Crippen LogP contribution in [-0.2, 0) is 0 Å². The molecule has 20 heavy (non-hydrogen) atoms. The highest BCUT2D eigenvalue weighted by Gasteiger charge is 2.31. The summed E-state index contributed by atoms with van der Waals surface area (Å²) < 4.78 is 0. The molecule has 1 aromatic rings. The summed E-state index contributed by atoms with van der Waals surface area (Å²) in [5.41, 5.74) is 1.61. The summed E-state index contributed by atoms with van der Waals surface area (Å²) in [7, 11) is 0. The number of nitrogens with zero attached hydrogens (tertiary/aromatic N) is 1. The number of hydrogen-bond acceptors (Lipinski definition) is 3. The van der Waals surface area contributed by atoms with E-state index in [0.29, 0.717) is 11.5 Å². The van der Waals surface area contributed by atoms with Crippen LogP contribution in [0.4, 0.5) is 5.69 Å². The van der Waals surface area contributed by atoms with Crippen molar-refractivity contribution in [2.24, 2.45) is 5.41 Å². The molecule has 4 nitrogen and oxygen atoms in total. The first-order valence-corrected chi connectivity index (χ1v) is 7.42. The third kappa shape index (κ3) is 3.57. The molecule has 0 saturated heterocycles. The van der Waals surface area contributed by atoms with Crippen molar-refractivity contribution in [2.75, 3.05) is 0 Å². The van der Waals surface area contributed by atoms with Crippen molar-refractivity contribution in [1.82, 2.24) is 5.32 Å². The zero-order valence-electron chi connectivity index (χ0n) is 12.6.